The molecule has 2 aliphatic rings. The molecule has 0 amide bonds. The molecule has 2 rings (SSSR count). The Bertz CT molecular complexity index is 160. The summed E-state index contributed by atoms with van der Waals surface area (Å²) in [6.07, 6.45) is 1.96. The maximum atomic E-state index is 10.7. The molecular formula is C6H8ClNO. The summed E-state index contributed by atoms with van der Waals surface area (Å²) in [6, 6.07) is 0. The number of hydrogen-bond acceptors (Lipinski definition) is 2. The summed E-state index contributed by atoms with van der Waals surface area (Å²) in [4.78, 5) is 12.9. The van der Waals surface area contributed by atoms with Crippen LogP contribution in [-0.2, 0) is 4.79 Å². The third-order valence-electron chi connectivity index (χ3n) is 2.56. The van der Waals surface area contributed by atoms with E-state index in [0.717, 1.165) is 25.9 Å². The van der Waals surface area contributed by atoms with E-state index in [1.807, 2.05) is 0 Å². The molecule has 0 saturated carbocycles. The molecule has 0 aliphatic carbocycles. The smallest absolute Gasteiger partial charge is 0.242 e. The van der Waals surface area contributed by atoms with E-state index in [0.29, 0.717) is 0 Å². The van der Waals surface area contributed by atoms with Gasteiger partial charge < -0.3 is 0 Å². The number of piperidine rings is 1. The van der Waals surface area contributed by atoms with Crippen LogP contribution in [0.25, 0.3) is 0 Å². The first-order chi connectivity index (χ1) is 4.26. The molecule has 0 aromatic heterocycles. The minimum Gasteiger partial charge on any atom is -0.290 e. The largest absolute Gasteiger partial charge is 0.290 e. The highest BCUT2D eigenvalue weighted by atomic mass is 35.5. The molecule has 3 heteroatoms. The molecule has 0 unspecified atom stereocenters. The molecule has 2 aliphatic heterocycles. The average molecular weight is 146 g/mol. The normalized spacial score (nSPS) is 29.9. The van der Waals surface area contributed by atoms with Gasteiger partial charge in [0.1, 0.15) is 0 Å². The summed E-state index contributed by atoms with van der Waals surface area (Å²) < 4.78 is 0. The van der Waals surface area contributed by atoms with Gasteiger partial charge in [0.05, 0.1) is 5.54 Å². The molecule has 0 radical (unpaired) electrons. The number of carbonyl (C=O) groups excluding carboxylic acids is 1. The van der Waals surface area contributed by atoms with Gasteiger partial charge in [-0.25, -0.2) is 0 Å². The van der Waals surface area contributed by atoms with E-state index in [1.165, 1.54) is 0 Å². The Hall–Kier alpha value is -0.0800. The second-order valence-electron chi connectivity index (χ2n) is 2.79. The molecular weight excluding hydrogens is 138 g/mol. The minimum atomic E-state index is -0.179. The fraction of sp³-hybridized carbons (Fsp3) is 0.833. The maximum absolute atomic E-state index is 10.7. The first kappa shape index (κ1) is 5.69. The van der Waals surface area contributed by atoms with Crippen molar-refractivity contribution in [2.24, 2.45) is 0 Å². The van der Waals surface area contributed by atoms with E-state index < -0.39 is 0 Å². The van der Waals surface area contributed by atoms with E-state index in [4.69, 9.17) is 11.6 Å². The van der Waals surface area contributed by atoms with Gasteiger partial charge in [-0.15, -0.1) is 0 Å². The Labute approximate surface area is 58.8 Å². The summed E-state index contributed by atoms with van der Waals surface area (Å²) in [5.74, 6) is 0. The Morgan fingerprint density at radius 1 is 1.44 bits per heavy atom. The van der Waals surface area contributed by atoms with Gasteiger partial charge in [0.25, 0.3) is 0 Å². The summed E-state index contributed by atoms with van der Waals surface area (Å²) >= 11 is 5.39. The van der Waals surface area contributed by atoms with Crippen molar-refractivity contribution in [1.29, 1.82) is 0 Å². The molecule has 0 spiro atoms. The van der Waals surface area contributed by atoms with E-state index >= 15 is 0 Å². The number of halogens is 1. The van der Waals surface area contributed by atoms with Crippen molar-refractivity contribution >= 4 is 16.8 Å². The summed E-state index contributed by atoms with van der Waals surface area (Å²) in [5.41, 5.74) is -0.179. The van der Waals surface area contributed by atoms with Crippen LogP contribution in [0, 0.1) is 0 Å². The zero-order valence-corrected chi connectivity index (χ0v) is 5.82. The van der Waals surface area contributed by atoms with Crippen LogP contribution in [0.1, 0.15) is 12.8 Å². The topological polar surface area (TPSA) is 20.3 Å². The highest BCUT2D eigenvalue weighted by Crippen LogP contribution is 2.43. The fourth-order valence-electron chi connectivity index (χ4n) is 1.64. The zero-order valence-electron chi connectivity index (χ0n) is 5.06. The summed E-state index contributed by atoms with van der Waals surface area (Å²) in [6.45, 7) is 2.14. The lowest BCUT2D eigenvalue weighted by molar-refractivity contribution is -0.149. The number of nitrogens with zero attached hydrogens (tertiary/aromatic N) is 1. The molecule has 0 atom stereocenters. The first-order valence-corrected chi connectivity index (χ1v) is 3.58. The van der Waals surface area contributed by atoms with Crippen molar-refractivity contribution in [2.45, 2.75) is 18.4 Å². The van der Waals surface area contributed by atoms with Crippen LogP contribution in [0.15, 0.2) is 0 Å². The molecule has 0 aromatic carbocycles. The van der Waals surface area contributed by atoms with Gasteiger partial charge in [-0.3, -0.25) is 9.69 Å². The number of rotatable bonds is 1. The molecule has 2 saturated heterocycles. The number of carbonyl (C=O) groups is 1. The van der Waals surface area contributed by atoms with Crippen LogP contribution in [0.2, 0.25) is 0 Å². The summed E-state index contributed by atoms with van der Waals surface area (Å²) in [7, 11) is 0. The monoisotopic (exact) mass is 145 g/mol. The van der Waals surface area contributed by atoms with E-state index in [2.05, 4.69) is 4.90 Å². The predicted octanol–water partition coefficient (Wildman–Crippen LogP) is 0.600. The highest BCUT2D eigenvalue weighted by molar-refractivity contribution is 6.65. The van der Waals surface area contributed by atoms with Crippen LogP contribution in [0.3, 0.4) is 0 Å². The van der Waals surface area contributed by atoms with Crippen molar-refractivity contribution in [3.63, 3.8) is 0 Å². The van der Waals surface area contributed by atoms with Crippen LogP contribution >= 0.6 is 11.6 Å². The molecule has 50 valence electrons. The van der Waals surface area contributed by atoms with Crippen LogP contribution in [-0.4, -0.2) is 28.8 Å². The molecule has 0 bridgehead atoms. The van der Waals surface area contributed by atoms with Crippen molar-refractivity contribution in [3.05, 3.63) is 0 Å². The Kier molecular flexibility index (Phi) is 0.945. The second-order valence-corrected chi connectivity index (χ2v) is 3.14. The van der Waals surface area contributed by atoms with Crippen molar-refractivity contribution in [2.75, 3.05) is 13.1 Å². The molecule has 2 fully saturated rings. The summed E-state index contributed by atoms with van der Waals surface area (Å²) in [5, 5.41) is -0.153. The van der Waals surface area contributed by atoms with Crippen LogP contribution in [0.4, 0.5) is 0 Å². The van der Waals surface area contributed by atoms with Gasteiger partial charge in [0.2, 0.25) is 5.24 Å². The first-order valence-electron chi connectivity index (χ1n) is 3.21. The second kappa shape index (κ2) is 1.50. The van der Waals surface area contributed by atoms with Gasteiger partial charge in [0.15, 0.2) is 0 Å². The average Bonchev–Trinajstić information content (AvgIpc) is 1.76. The standard InChI is InChI=1S/C6H8ClNO/c7-5(9)6-1-3-8(6)4-2-6/h1-4H2. The third kappa shape index (κ3) is 0.485. The van der Waals surface area contributed by atoms with Crippen LogP contribution in [0.5, 0.6) is 0 Å². The lowest BCUT2D eigenvalue weighted by atomic mass is 9.75. The van der Waals surface area contributed by atoms with Gasteiger partial charge in [-0.2, -0.15) is 0 Å². The van der Waals surface area contributed by atoms with Gasteiger partial charge in [-0.05, 0) is 24.4 Å². The molecule has 9 heavy (non-hydrogen) atoms. The number of fused-ring (bicyclic) bond motifs is 1. The molecule has 0 aromatic rings. The van der Waals surface area contributed by atoms with Crippen molar-refractivity contribution in [1.82, 2.24) is 4.90 Å². The number of hydrogen-bond donors (Lipinski definition) is 0. The van der Waals surface area contributed by atoms with Gasteiger partial charge in [-0.1, -0.05) is 0 Å². The molecule has 2 nitrogen and oxygen atoms in total. The van der Waals surface area contributed by atoms with Crippen molar-refractivity contribution < 1.29 is 4.79 Å². The van der Waals surface area contributed by atoms with Crippen LogP contribution < -0.4 is 0 Å². The van der Waals surface area contributed by atoms with Gasteiger partial charge >= 0.3 is 0 Å². The van der Waals surface area contributed by atoms with E-state index in [1.54, 1.807) is 0 Å². The van der Waals surface area contributed by atoms with E-state index in [9.17, 15) is 4.79 Å². The fourth-order valence-corrected chi connectivity index (χ4v) is 1.95. The molecule has 0 N–H and O–H groups in total. The minimum absolute atomic E-state index is 0.153. The Balaban J connectivity index is 2.16. The van der Waals surface area contributed by atoms with Gasteiger partial charge in [0, 0.05) is 13.1 Å². The van der Waals surface area contributed by atoms with E-state index in [-0.39, 0.29) is 10.8 Å². The SMILES string of the molecule is O=C(Cl)C12CCN1CC2. The van der Waals surface area contributed by atoms with Crippen molar-refractivity contribution in [3.8, 4) is 0 Å². The third-order valence-corrected chi connectivity index (χ3v) is 2.91. The zero-order chi connectivity index (χ0) is 6.48. The molecule has 2 heterocycles. The Morgan fingerprint density at radius 2 is 2.00 bits per heavy atom. The Morgan fingerprint density at radius 3 is 2.00 bits per heavy atom. The quantitative estimate of drug-likeness (QED) is 0.504. The maximum Gasteiger partial charge on any atom is 0.242 e. The lowest BCUT2D eigenvalue weighted by Gasteiger charge is -2.59. The predicted molar refractivity (Wildman–Crippen MR) is 34.4 cm³/mol. The lowest BCUT2D eigenvalue weighted by Crippen LogP contribution is -2.72. The highest BCUT2D eigenvalue weighted by Gasteiger charge is 2.56.